The van der Waals surface area contributed by atoms with E-state index in [-0.39, 0.29) is 0 Å². The molecule has 0 aromatic heterocycles. The van der Waals surface area contributed by atoms with E-state index >= 15 is 0 Å². The van der Waals surface area contributed by atoms with Crippen molar-refractivity contribution in [2.24, 2.45) is 10.7 Å². The monoisotopic (exact) mass is 293 g/mol. The molecule has 0 bridgehead atoms. The average Bonchev–Trinajstić information content (AvgIpc) is 2.48. The van der Waals surface area contributed by atoms with E-state index < -0.39 is 0 Å². The van der Waals surface area contributed by atoms with Gasteiger partial charge >= 0.3 is 0 Å². The molecular formula is C16H27N3O2. The van der Waals surface area contributed by atoms with Gasteiger partial charge in [0.1, 0.15) is 5.75 Å². The Morgan fingerprint density at radius 1 is 1.19 bits per heavy atom. The van der Waals surface area contributed by atoms with E-state index in [1.54, 1.807) is 0 Å². The molecule has 21 heavy (non-hydrogen) atoms. The van der Waals surface area contributed by atoms with Crippen molar-refractivity contribution in [2.45, 2.75) is 26.7 Å². The van der Waals surface area contributed by atoms with E-state index in [0.29, 0.717) is 19.1 Å². The number of aryl methyl sites for hydroxylation is 1. The average molecular weight is 293 g/mol. The van der Waals surface area contributed by atoms with Crippen LogP contribution in [0.1, 0.15) is 25.3 Å². The molecule has 0 fully saturated rings. The summed E-state index contributed by atoms with van der Waals surface area (Å²) >= 11 is 0. The maximum Gasteiger partial charge on any atom is 0.188 e. The summed E-state index contributed by atoms with van der Waals surface area (Å²) in [5.41, 5.74) is 6.99. The first kappa shape index (κ1) is 17.3. The summed E-state index contributed by atoms with van der Waals surface area (Å²) in [4.78, 5) is 4.25. The Kier molecular flexibility index (Phi) is 9.04. The third-order valence-corrected chi connectivity index (χ3v) is 2.85. The first-order chi connectivity index (χ1) is 10.2. The first-order valence-corrected chi connectivity index (χ1v) is 7.53. The zero-order valence-electron chi connectivity index (χ0n) is 13.1. The van der Waals surface area contributed by atoms with Crippen LogP contribution in [0.15, 0.2) is 29.3 Å². The summed E-state index contributed by atoms with van der Waals surface area (Å²) in [5.74, 6) is 1.38. The summed E-state index contributed by atoms with van der Waals surface area (Å²) in [5, 5.41) is 3.06. The predicted molar refractivity (Wildman–Crippen MR) is 86.9 cm³/mol. The summed E-state index contributed by atoms with van der Waals surface area (Å²) in [6.07, 6.45) is 1.77. The van der Waals surface area contributed by atoms with E-state index in [0.717, 1.165) is 38.3 Å². The number of hydrogen-bond donors (Lipinski definition) is 2. The van der Waals surface area contributed by atoms with Crippen molar-refractivity contribution >= 4 is 5.96 Å². The van der Waals surface area contributed by atoms with Gasteiger partial charge in [-0.1, -0.05) is 17.7 Å². The number of hydrogen-bond acceptors (Lipinski definition) is 3. The number of ether oxygens (including phenoxy) is 2. The molecule has 5 heteroatoms. The van der Waals surface area contributed by atoms with Gasteiger partial charge in [-0.05, 0) is 32.4 Å². The van der Waals surface area contributed by atoms with Crippen molar-refractivity contribution in [3.63, 3.8) is 0 Å². The van der Waals surface area contributed by atoms with E-state index in [4.69, 9.17) is 15.2 Å². The standard InChI is InChI=1S/C16H27N3O2/c1-3-20-12-4-10-18-16(17)19-11-5-13-21-15-8-6-14(2)7-9-15/h6-9H,3-5,10-13H2,1-2H3,(H3,17,18,19). The zero-order chi connectivity index (χ0) is 15.3. The van der Waals surface area contributed by atoms with Crippen LogP contribution in [-0.2, 0) is 4.74 Å². The second-order valence-electron chi connectivity index (χ2n) is 4.76. The molecule has 0 unspecified atom stereocenters. The van der Waals surface area contributed by atoms with E-state index in [9.17, 15) is 0 Å². The van der Waals surface area contributed by atoms with E-state index in [1.165, 1.54) is 5.56 Å². The molecular weight excluding hydrogens is 266 g/mol. The molecule has 0 saturated carbocycles. The number of nitrogens with two attached hydrogens (primary N) is 1. The van der Waals surface area contributed by atoms with E-state index in [2.05, 4.69) is 17.2 Å². The Hall–Kier alpha value is -1.75. The van der Waals surface area contributed by atoms with Crippen LogP contribution >= 0.6 is 0 Å². The minimum absolute atomic E-state index is 0.488. The van der Waals surface area contributed by atoms with Gasteiger partial charge in [0.25, 0.3) is 0 Å². The van der Waals surface area contributed by atoms with Crippen LogP contribution in [0, 0.1) is 6.92 Å². The number of nitrogens with one attached hydrogen (secondary N) is 1. The topological polar surface area (TPSA) is 68.9 Å². The molecule has 0 aliphatic heterocycles. The van der Waals surface area contributed by atoms with Gasteiger partial charge in [0.15, 0.2) is 5.96 Å². The summed E-state index contributed by atoms with van der Waals surface area (Å²) in [6.45, 7) is 7.64. The van der Waals surface area contributed by atoms with Gasteiger partial charge in [-0.15, -0.1) is 0 Å². The second-order valence-corrected chi connectivity index (χ2v) is 4.76. The summed E-state index contributed by atoms with van der Waals surface area (Å²) < 4.78 is 10.9. The first-order valence-electron chi connectivity index (χ1n) is 7.53. The molecule has 1 aromatic carbocycles. The van der Waals surface area contributed by atoms with Crippen LogP contribution in [0.3, 0.4) is 0 Å². The van der Waals surface area contributed by atoms with Crippen LogP contribution in [-0.4, -0.2) is 38.9 Å². The third-order valence-electron chi connectivity index (χ3n) is 2.85. The number of nitrogens with zero attached hydrogens (tertiary/aromatic N) is 1. The fourth-order valence-electron chi connectivity index (χ4n) is 1.68. The smallest absolute Gasteiger partial charge is 0.188 e. The van der Waals surface area contributed by atoms with Gasteiger partial charge in [-0.2, -0.15) is 0 Å². The Morgan fingerprint density at radius 3 is 2.67 bits per heavy atom. The molecule has 0 aliphatic rings. The van der Waals surface area contributed by atoms with Crippen molar-refractivity contribution in [3.05, 3.63) is 29.8 Å². The second kappa shape index (κ2) is 11.0. The lowest BCUT2D eigenvalue weighted by Gasteiger charge is -2.07. The maximum atomic E-state index is 5.76. The number of rotatable bonds is 10. The van der Waals surface area contributed by atoms with E-state index in [1.807, 2.05) is 31.2 Å². The molecule has 0 spiro atoms. The number of benzene rings is 1. The molecule has 118 valence electrons. The molecule has 3 N–H and O–H groups in total. The van der Waals surface area contributed by atoms with Crippen molar-refractivity contribution in [2.75, 3.05) is 32.9 Å². The van der Waals surface area contributed by atoms with Crippen LogP contribution in [0.5, 0.6) is 5.75 Å². The van der Waals surface area contributed by atoms with Crippen LogP contribution < -0.4 is 15.8 Å². The highest BCUT2D eigenvalue weighted by Crippen LogP contribution is 2.11. The van der Waals surface area contributed by atoms with Crippen molar-refractivity contribution in [1.29, 1.82) is 0 Å². The lowest BCUT2D eigenvalue weighted by atomic mass is 10.2. The molecule has 0 saturated heterocycles. The molecule has 0 heterocycles. The van der Waals surface area contributed by atoms with Crippen molar-refractivity contribution < 1.29 is 9.47 Å². The predicted octanol–water partition coefficient (Wildman–Crippen LogP) is 2.09. The quantitative estimate of drug-likeness (QED) is 0.394. The highest BCUT2D eigenvalue weighted by molar-refractivity contribution is 5.77. The largest absolute Gasteiger partial charge is 0.494 e. The lowest BCUT2D eigenvalue weighted by molar-refractivity contribution is 0.145. The molecule has 1 rings (SSSR count). The Morgan fingerprint density at radius 2 is 1.95 bits per heavy atom. The third kappa shape index (κ3) is 8.92. The maximum absolute atomic E-state index is 5.76. The Bertz CT molecular complexity index is 404. The van der Waals surface area contributed by atoms with Gasteiger partial charge < -0.3 is 20.5 Å². The molecule has 1 aromatic rings. The zero-order valence-corrected chi connectivity index (χ0v) is 13.1. The minimum atomic E-state index is 0.488. The van der Waals surface area contributed by atoms with Crippen molar-refractivity contribution in [3.8, 4) is 5.75 Å². The molecule has 0 aliphatic carbocycles. The van der Waals surface area contributed by atoms with Crippen molar-refractivity contribution in [1.82, 2.24) is 5.32 Å². The van der Waals surface area contributed by atoms with Gasteiger partial charge in [0.2, 0.25) is 0 Å². The number of guanidine groups is 1. The minimum Gasteiger partial charge on any atom is -0.494 e. The van der Waals surface area contributed by atoms with Crippen LogP contribution in [0.2, 0.25) is 0 Å². The SMILES string of the molecule is CCOCCCNC(N)=NCCCOc1ccc(C)cc1. The molecule has 0 radical (unpaired) electrons. The summed E-state index contributed by atoms with van der Waals surface area (Å²) in [6, 6.07) is 8.04. The fraction of sp³-hybridized carbons (Fsp3) is 0.562. The van der Waals surface area contributed by atoms with Gasteiger partial charge in [-0.25, -0.2) is 0 Å². The Labute approximate surface area is 127 Å². The molecule has 5 nitrogen and oxygen atoms in total. The van der Waals surface area contributed by atoms with Gasteiger partial charge in [-0.3, -0.25) is 4.99 Å². The molecule has 0 atom stereocenters. The summed E-state index contributed by atoms with van der Waals surface area (Å²) in [7, 11) is 0. The fourth-order valence-corrected chi connectivity index (χ4v) is 1.68. The van der Waals surface area contributed by atoms with Gasteiger partial charge in [0, 0.05) is 32.7 Å². The van der Waals surface area contributed by atoms with Crippen LogP contribution in [0.4, 0.5) is 0 Å². The highest BCUT2D eigenvalue weighted by atomic mass is 16.5. The normalized spacial score (nSPS) is 11.4. The molecule has 0 amide bonds. The Balaban J connectivity index is 2.04. The highest BCUT2D eigenvalue weighted by Gasteiger charge is 1.94. The lowest BCUT2D eigenvalue weighted by Crippen LogP contribution is -2.33. The number of aliphatic imine (C=N–C) groups is 1. The van der Waals surface area contributed by atoms with Crippen LogP contribution in [0.25, 0.3) is 0 Å². The van der Waals surface area contributed by atoms with Gasteiger partial charge in [0.05, 0.1) is 6.61 Å².